The summed E-state index contributed by atoms with van der Waals surface area (Å²) in [5.41, 5.74) is 0.876. The van der Waals surface area contributed by atoms with E-state index in [9.17, 15) is 9.18 Å². The molecule has 2 aromatic carbocycles. The number of benzene rings is 2. The van der Waals surface area contributed by atoms with Crippen molar-refractivity contribution in [3.05, 3.63) is 68.9 Å². The van der Waals surface area contributed by atoms with Crippen LogP contribution in [0.15, 0.2) is 46.9 Å². The first-order valence-electron chi connectivity index (χ1n) is 5.38. The summed E-state index contributed by atoms with van der Waals surface area (Å²) < 4.78 is 13.6. The van der Waals surface area contributed by atoms with E-state index in [0.29, 0.717) is 16.1 Å². The quantitative estimate of drug-likeness (QED) is 0.528. The fourth-order valence-electron chi connectivity index (χ4n) is 1.61. The zero-order chi connectivity index (χ0) is 14.0. The van der Waals surface area contributed by atoms with Gasteiger partial charge >= 0.3 is 0 Å². The molecule has 1 unspecified atom stereocenters. The lowest BCUT2D eigenvalue weighted by atomic mass is 10.0. The van der Waals surface area contributed by atoms with Crippen molar-refractivity contribution in [1.82, 2.24) is 0 Å². The summed E-state index contributed by atoms with van der Waals surface area (Å²) in [7, 11) is 0. The van der Waals surface area contributed by atoms with Crippen molar-refractivity contribution in [3.8, 4) is 0 Å². The van der Waals surface area contributed by atoms with Crippen molar-refractivity contribution >= 4 is 44.9 Å². The number of rotatable bonds is 3. The Labute approximate surface area is 128 Å². The second-order valence-electron chi connectivity index (χ2n) is 3.90. The number of halogens is 4. The molecule has 0 heterocycles. The lowest BCUT2D eigenvalue weighted by molar-refractivity contribution is 0.0987. The third-order valence-electron chi connectivity index (χ3n) is 2.59. The summed E-state index contributed by atoms with van der Waals surface area (Å²) in [6, 6.07) is 10.4. The summed E-state index contributed by atoms with van der Waals surface area (Å²) in [6.07, 6.45) is 0. The number of hydrogen-bond acceptors (Lipinski definition) is 1. The molecule has 0 aliphatic heterocycles. The smallest absolute Gasteiger partial charge is 0.186 e. The average molecular weight is 362 g/mol. The summed E-state index contributed by atoms with van der Waals surface area (Å²) in [4.78, 5) is 12.2. The first kappa shape index (κ1) is 14.5. The molecule has 0 spiro atoms. The fraction of sp³-hybridized carbons (Fsp3) is 0.0714. The van der Waals surface area contributed by atoms with Crippen LogP contribution < -0.4 is 0 Å². The molecule has 0 bridgehead atoms. The van der Waals surface area contributed by atoms with Crippen LogP contribution in [0, 0.1) is 5.82 Å². The largest absolute Gasteiger partial charge is 0.292 e. The van der Waals surface area contributed by atoms with E-state index in [4.69, 9.17) is 23.2 Å². The summed E-state index contributed by atoms with van der Waals surface area (Å²) >= 11 is 15.4. The third-order valence-corrected chi connectivity index (χ3v) is 3.85. The Kier molecular flexibility index (Phi) is 4.61. The predicted octanol–water partition coefficient (Wildman–Crippen LogP) is 5.40. The Morgan fingerprint density at radius 1 is 1.16 bits per heavy atom. The van der Waals surface area contributed by atoms with E-state index >= 15 is 0 Å². The van der Waals surface area contributed by atoms with E-state index in [1.165, 1.54) is 24.3 Å². The molecule has 0 aliphatic carbocycles. The third kappa shape index (κ3) is 3.35. The maximum Gasteiger partial charge on any atom is 0.186 e. The second kappa shape index (κ2) is 6.04. The van der Waals surface area contributed by atoms with Gasteiger partial charge in [0.25, 0.3) is 0 Å². The van der Waals surface area contributed by atoms with Crippen molar-refractivity contribution in [3.63, 3.8) is 0 Å². The first-order valence-corrected chi connectivity index (χ1v) is 6.98. The summed E-state index contributed by atoms with van der Waals surface area (Å²) in [6.45, 7) is 0. The topological polar surface area (TPSA) is 17.1 Å². The van der Waals surface area contributed by atoms with Gasteiger partial charge in [-0.1, -0.05) is 39.7 Å². The maximum absolute atomic E-state index is 12.8. The van der Waals surface area contributed by atoms with Crippen molar-refractivity contribution in [2.45, 2.75) is 5.38 Å². The molecule has 1 atom stereocenters. The second-order valence-corrected chi connectivity index (χ2v) is 5.66. The van der Waals surface area contributed by atoms with Gasteiger partial charge in [-0.05, 0) is 35.9 Å². The minimum Gasteiger partial charge on any atom is -0.292 e. The van der Waals surface area contributed by atoms with Crippen molar-refractivity contribution < 1.29 is 9.18 Å². The highest BCUT2D eigenvalue weighted by Gasteiger charge is 2.21. The van der Waals surface area contributed by atoms with Crippen LogP contribution in [0.25, 0.3) is 0 Å². The highest BCUT2D eigenvalue weighted by atomic mass is 79.9. The van der Waals surface area contributed by atoms with E-state index in [1.807, 2.05) is 0 Å². The molecule has 19 heavy (non-hydrogen) atoms. The van der Waals surface area contributed by atoms with Gasteiger partial charge in [0, 0.05) is 10.0 Å². The van der Waals surface area contributed by atoms with Gasteiger partial charge in [-0.2, -0.15) is 0 Å². The molecule has 1 nitrogen and oxygen atoms in total. The van der Waals surface area contributed by atoms with Gasteiger partial charge in [-0.3, -0.25) is 4.79 Å². The molecule has 0 amide bonds. The summed E-state index contributed by atoms with van der Waals surface area (Å²) in [5, 5.41) is -0.564. The van der Waals surface area contributed by atoms with E-state index in [1.54, 1.807) is 18.2 Å². The molecule has 2 aromatic rings. The minimum atomic E-state index is -0.890. The molecule has 0 N–H and O–H groups in total. The highest BCUT2D eigenvalue weighted by molar-refractivity contribution is 9.10. The molecule has 0 radical (unpaired) electrons. The van der Waals surface area contributed by atoms with E-state index in [2.05, 4.69) is 15.9 Å². The number of ketones is 1. The van der Waals surface area contributed by atoms with Crippen molar-refractivity contribution in [1.29, 1.82) is 0 Å². The standard InChI is InChI=1S/C14H8BrCl2FO/c15-9-3-6-11(12(16)7-9)14(19)13(17)8-1-4-10(18)5-2-8/h1-7,13H. The number of carbonyl (C=O) groups is 1. The lowest BCUT2D eigenvalue weighted by Gasteiger charge is -2.10. The molecule has 0 fully saturated rings. The Hall–Kier alpha value is -0.900. The van der Waals surface area contributed by atoms with Crippen LogP contribution in [-0.2, 0) is 0 Å². The van der Waals surface area contributed by atoms with Crippen LogP contribution in [0.3, 0.4) is 0 Å². The Morgan fingerprint density at radius 2 is 1.79 bits per heavy atom. The zero-order valence-corrected chi connectivity index (χ0v) is 12.6. The number of carbonyl (C=O) groups excluding carboxylic acids is 1. The fourth-order valence-corrected chi connectivity index (χ4v) is 2.64. The predicted molar refractivity (Wildman–Crippen MR) is 78.5 cm³/mol. The molecule has 0 aromatic heterocycles. The molecule has 5 heteroatoms. The number of alkyl halides is 1. The molecule has 2 rings (SSSR count). The van der Waals surface area contributed by atoms with E-state index in [0.717, 1.165) is 4.47 Å². The van der Waals surface area contributed by atoms with Gasteiger partial charge in [-0.25, -0.2) is 4.39 Å². The lowest BCUT2D eigenvalue weighted by Crippen LogP contribution is -2.08. The van der Waals surface area contributed by atoms with Crippen LogP contribution in [0.1, 0.15) is 21.3 Å². The van der Waals surface area contributed by atoms with Crippen LogP contribution in [0.5, 0.6) is 0 Å². The van der Waals surface area contributed by atoms with E-state index in [-0.39, 0.29) is 11.6 Å². The Morgan fingerprint density at radius 3 is 2.37 bits per heavy atom. The number of hydrogen-bond donors (Lipinski definition) is 0. The Balaban J connectivity index is 2.30. The van der Waals surface area contributed by atoms with Crippen LogP contribution in [0.4, 0.5) is 4.39 Å². The summed E-state index contributed by atoms with van der Waals surface area (Å²) in [5.74, 6) is -0.687. The maximum atomic E-state index is 12.8. The molecule has 0 aliphatic rings. The van der Waals surface area contributed by atoms with Gasteiger partial charge in [-0.15, -0.1) is 11.6 Å². The van der Waals surface area contributed by atoms with Gasteiger partial charge in [0.2, 0.25) is 0 Å². The zero-order valence-electron chi connectivity index (χ0n) is 9.54. The molecule has 0 saturated carbocycles. The normalized spacial score (nSPS) is 12.2. The van der Waals surface area contributed by atoms with Gasteiger partial charge < -0.3 is 0 Å². The molecule has 0 saturated heterocycles. The molecule has 98 valence electrons. The highest BCUT2D eigenvalue weighted by Crippen LogP contribution is 2.30. The number of Topliss-reactive ketones (excluding diaryl/α,β-unsaturated/α-hetero) is 1. The van der Waals surface area contributed by atoms with Crippen LogP contribution in [0.2, 0.25) is 5.02 Å². The average Bonchev–Trinajstić information content (AvgIpc) is 2.38. The molecular formula is C14H8BrCl2FO. The van der Waals surface area contributed by atoms with Crippen molar-refractivity contribution in [2.24, 2.45) is 0 Å². The van der Waals surface area contributed by atoms with E-state index < -0.39 is 5.38 Å². The molecular weight excluding hydrogens is 354 g/mol. The van der Waals surface area contributed by atoms with Crippen LogP contribution in [-0.4, -0.2) is 5.78 Å². The van der Waals surface area contributed by atoms with Gasteiger partial charge in [0.05, 0.1) is 5.02 Å². The minimum absolute atomic E-state index is 0.314. The van der Waals surface area contributed by atoms with Crippen molar-refractivity contribution in [2.75, 3.05) is 0 Å². The van der Waals surface area contributed by atoms with Gasteiger partial charge in [0.15, 0.2) is 5.78 Å². The monoisotopic (exact) mass is 360 g/mol. The Bertz CT molecular complexity index is 613. The van der Waals surface area contributed by atoms with Crippen LogP contribution >= 0.6 is 39.1 Å². The first-order chi connectivity index (χ1) is 8.99. The SMILES string of the molecule is O=C(c1ccc(Br)cc1Cl)C(Cl)c1ccc(F)cc1. The van der Waals surface area contributed by atoms with Gasteiger partial charge in [0.1, 0.15) is 11.2 Å².